The topological polar surface area (TPSA) is 29.1 Å². The Morgan fingerprint density at radius 2 is 2.00 bits per heavy atom. The lowest BCUT2D eigenvalue weighted by Gasteiger charge is -2.12. The quantitative estimate of drug-likeness (QED) is 0.657. The molecule has 0 aliphatic heterocycles. The van der Waals surface area contributed by atoms with E-state index in [4.69, 9.17) is 0 Å². The number of halogens is 5. The molecular weight excluding hydrogens is 306 g/mol. The maximum Gasteiger partial charge on any atom is 0.419 e. The first-order valence-electron chi connectivity index (χ1n) is 4.49. The van der Waals surface area contributed by atoms with Crippen molar-refractivity contribution in [3.05, 3.63) is 29.1 Å². The highest BCUT2D eigenvalue weighted by Crippen LogP contribution is 2.34. The predicted molar refractivity (Wildman–Crippen MR) is 58.6 cm³/mol. The van der Waals surface area contributed by atoms with Gasteiger partial charge in [-0.2, -0.15) is 13.2 Å². The normalized spacial score (nSPS) is 11.4. The van der Waals surface area contributed by atoms with E-state index >= 15 is 0 Å². The average Bonchev–Trinajstić information content (AvgIpc) is 2.21. The minimum Gasteiger partial charge on any atom is -0.325 e. The molecule has 0 fully saturated rings. The zero-order chi connectivity index (χ0) is 13.2. The number of hydrogen-bond donors (Lipinski definition) is 1. The van der Waals surface area contributed by atoms with Gasteiger partial charge in [0.05, 0.1) is 10.9 Å². The van der Waals surface area contributed by atoms with E-state index in [0.717, 1.165) is 0 Å². The first-order valence-corrected chi connectivity index (χ1v) is 5.61. The summed E-state index contributed by atoms with van der Waals surface area (Å²) in [6.45, 7) is 1.36. The summed E-state index contributed by atoms with van der Waals surface area (Å²) in [7, 11) is 0. The molecule has 2 nitrogen and oxygen atoms in total. The zero-order valence-corrected chi connectivity index (χ0v) is 10.2. The molecule has 1 N–H and O–H groups in total. The van der Waals surface area contributed by atoms with Gasteiger partial charge in [-0.05, 0) is 24.6 Å². The van der Waals surface area contributed by atoms with Gasteiger partial charge in [-0.3, -0.25) is 4.79 Å². The van der Waals surface area contributed by atoms with Crippen molar-refractivity contribution >= 4 is 27.5 Å². The van der Waals surface area contributed by atoms with E-state index in [0.29, 0.717) is 12.1 Å². The second-order valence-electron chi connectivity index (χ2n) is 3.33. The minimum absolute atomic E-state index is 0.0188. The van der Waals surface area contributed by atoms with Crippen molar-refractivity contribution in [2.45, 2.75) is 13.1 Å². The Kier molecular flexibility index (Phi) is 4.13. The molecule has 0 radical (unpaired) electrons. The highest BCUT2D eigenvalue weighted by Gasteiger charge is 2.34. The number of amides is 1. The van der Waals surface area contributed by atoms with Crippen LogP contribution < -0.4 is 5.32 Å². The van der Waals surface area contributed by atoms with Gasteiger partial charge < -0.3 is 5.32 Å². The fraction of sp³-hybridized carbons (Fsp3) is 0.300. The van der Waals surface area contributed by atoms with E-state index in [9.17, 15) is 22.4 Å². The van der Waals surface area contributed by atoms with Crippen LogP contribution in [0.4, 0.5) is 23.2 Å². The van der Waals surface area contributed by atoms with Gasteiger partial charge in [0.2, 0.25) is 5.91 Å². The van der Waals surface area contributed by atoms with Gasteiger partial charge in [-0.25, -0.2) is 4.39 Å². The van der Waals surface area contributed by atoms with Gasteiger partial charge in [0.25, 0.3) is 0 Å². The molecule has 17 heavy (non-hydrogen) atoms. The molecule has 0 heterocycles. The van der Waals surface area contributed by atoms with Gasteiger partial charge >= 0.3 is 6.18 Å². The maximum atomic E-state index is 13.2. The highest BCUT2D eigenvalue weighted by atomic mass is 79.9. The summed E-state index contributed by atoms with van der Waals surface area (Å²) >= 11 is 2.88. The lowest BCUT2D eigenvalue weighted by Crippen LogP contribution is -2.15. The number of aryl methyl sites for hydroxylation is 1. The summed E-state index contributed by atoms with van der Waals surface area (Å²) in [5.41, 5.74) is -1.17. The number of hydrogen-bond acceptors (Lipinski definition) is 1. The largest absolute Gasteiger partial charge is 0.419 e. The molecule has 0 aliphatic carbocycles. The van der Waals surface area contributed by atoms with Crippen LogP contribution >= 0.6 is 15.9 Å². The zero-order valence-electron chi connectivity index (χ0n) is 8.66. The Balaban J connectivity index is 3.14. The number of rotatable bonds is 2. The number of alkyl halides is 4. The lowest BCUT2D eigenvalue weighted by molar-refractivity contribution is -0.140. The summed E-state index contributed by atoms with van der Waals surface area (Å²) in [4.78, 5) is 11.0. The summed E-state index contributed by atoms with van der Waals surface area (Å²) in [6.07, 6.45) is -4.74. The fourth-order valence-corrected chi connectivity index (χ4v) is 1.36. The predicted octanol–water partition coefficient (Wildman–Crippen LogP) is 3.49. The minimum atomic E-state index is -4.74. The van der Waals surface area contributed by atoms with Crippen LogP contribution in [0.3, 0.4) is 0 Å². The SMILES string of the molecule is Cc1cc(C(F)(F)F)c(F)cc1NC(=O)CBr. The van der Waals surface area contributed by atoms with Crippen molar-refractivity contribution in [2.75, 3.05) is 10.6 Å². The van der Waals surface area contributed by atoms with E-state index in [1.54, 1.807) is 0 Å². The van der Waals surface area contributed by atoms with Gasteiger partial charge in [0.1, 0.15) is 5.82 Å². The molecule has 0 unspecified atom stereocenters. The van der Waals surface area contributed by atoms with E-state index in [2.05, 4.69) is 21.2 Å². The second kappa shape index (κ2) is 5.03. The summed E-state index contributed by atoms with van der Waals surface area (Å²) < 4.78 is 50.3. The van der Waals surface area contributed by atoms with Crippen molar-refractivity contribution < 1.29 is 22.4 Å². The second-order valence-corrected chi connectivity index (χ2v) is 3.89. The number of benzene rings is 1. The monoisotopic (exact) mass is 313 g/mol. The smallest absolute Gasteiger partial charge is 0.325 e. The Hall–Kier alpha value is -1.11. The average molecular weight is 314 g/mol. The molecule has 0 atom stereocenters. The summed E-state index contributed by atoms with van der Waals surface area (Å²) in [6, 6.07) is 1.33. The molecule has 0 aromatic heterocycles. The molecule has 0 saturated carbocycles. The van der Waals surface area contributed by atoms with Crippen molar-refractivity contribution in [2.24, 2.45) is 0 Å². The van der Waals surface area contributed by atoms with Crippen LogP contribution in [0.1, 0.15) is 11.1 Å². The van der Waals surface area contributed by atoms with Crippen LogP contribution in [0.25, 0.3) is 0 Å². The summed E-state index contributed by atoms with van der Waals surface area (Å²) in [5.74, 6) is -1.87. The molecule has 1 aromatic rings. The van der Waals surface area contributed by atoms with Gasteiger partial charge in [0, 0.05) is 5.69 Å². The van der Waals surface area contributed by atoms with E-state index in [-0.39, 0.29) is 16.6 Å². The van der Waals surface area contributed by atoms with E-state index in [1.165, 1.54) is 6.92 Å². The number of anilines is 1. The molecule has 0 saturated heterocycles. The van der Waals surface area contributed by atoms with E-state index in [1.807, 2.05) is 0 Å². The van der Waals surface area contributed by atoms with Gasteiger partial charge in [0.15, 0.2) is 0 Å². The molecule has 1 aromatic carbocycles. The number of nitrogens with one attached hydrogen (secondary N) is 1. The van der Waals surface area contributed by atoms with Crippen molar-refractivity contribution in [1.82, 2.24) is 0 Å². The molecule has 0 aliphatic rings. The van der Waals surface area contributed by atoms with Crippen LogP contribution in [-0.2, 0) is 11.0 Å². The molecule has 0 spiro atoms. The van der Waals surface area contributed by atoms with Crippen molar-refractivity contribution in [1.29, 1.82) is 0 Å². The third-order valence-electron chi connectivity index (χ3n) is 2.01. The first kappa shape index (κ1) is 14.0. The van der Waals surface area contributed by atoms with Crippen LogP contribution in [0.5, 0.6) is 0 Å². The standard InChI is InChI=1S/C10H8BrF4NO/c1-5-2-6(10(13,14)15)7(12)3-8(5)16-9(17)4-11/h2-3H,4H2,1H3,(H,16,17). The van der Waals surface area contributed by atoms with Crippen LogP contribution in [-0.4, -0.2) is 11.2 Å². The molecular formula is C10H8BrF4NO. The van der Waals surface area contributed by atoms with Crippen molar-refractivity contribution in [3.8, 4) is 0 Å². The van der Waals surface area contributed by atoms with Crippen LogP contribution in [0.15, 0.2) is 12.1 Å². The molecule has 7 heteroatoms. The highest BCUT2D eigenvalue weighted by molar-refractivity contribution is 9.09. The first-order chi connectivity index (χ1) is 7.75. The third-order valence-corrected chi connectivity index (χ3v) is 2.52. The van der Waals surface area contributed by atoms with Crippen molar-refractivity contribution in [3.63, 3.8) is 0 Å². The lowest BCUT2D eigenvalue weighted by atomic mass is 10.1. The molecule has 0 bridgehead atoms. The maximum absolute atomic E-state index is 13.2. The fourth-order valence-electron chi connectivity index (χ4n) is 1.22. The van der Waals surface area contributed by atoms with Gasteiger partial charge in [-0.15, -0.1) is 0 Å². The van der Waals surface area contributed by atoms with Crippen LogP contribution in [0, 0.1) is 12.7 Å². The summed E-state index contributed by atoms with van der Waals surface area (Å²) in [5, 5.41) is 2.27. The molecule has 1 rings (SSSR count). The van der Waals surface area contributed by atoms with E-state index < -0.39 is 23.5 Å². The Morgan fingerprint density at radius 1 is 1.41 bits per heavy atom. The Morgan fingerprint density at radius 3 is 2.47 bits per heavy atom. The Bertz CT molecular complexity index is 445. The Labute approximate surface area is 103 Å². The number of carbonyl (C=O) groups excluding carboxylic acids is 1. The van der Waals surface area contributed by atoms with Crippen LogP contribution in [0.2, 0.25) is 0 Å². The third kappa shape index (κ3) is 3.42. The molecule has 94 valence electrons. The molecule has 1 amide bonds. The number of carbonyl (C=O) groups is 1. The van der Waals surface area contributed by atoms with Gasteiger partial charge in [-0.1, -0.05) is 15.9 Å².